The van der Waals surface area contributed by atoms with Gasteiger partial charge in [-0.1, -0.05) is 13.8 Å². The number of rotatable bonds is 3. The van der Waals surface area contributed by atoms with Crippen molar-refractivity contribution in [2.75, 3.05) is 6.54 Å². The van der Waals surface area contributed by atoms with Gasteiger partial charge in [-0.3, -0.25) is 0 Å². The van der Waals surface area contributed by atoms with E-state index in [0.717, 1.165) is 23.8 Å². The first kappa shape index (κ1) is 12.0. The fourth-order valence-electron chi connectivity index (χ4n) is 4.01. The van der Waals surface area contributed by atoms with E-state index in [0.29, 0.717) is 12.2 Å². The van der Waals surface area contributed by atoms with Crippen molar-refractivity contribution in [3.05, 3.63) is 0 Å². The summed E-state index contributed by atoms with van der Waals surface area (Å²) in [5.41, 5.74) is 0. The SMILES string of the molecule is CC1CCC(NCC2CC3CCC2O3)CC1C. The topological polar surface area (TPSA) is 21.3 Å². The molecule has 1 N–H and O–H groups in total. The molecule has 3 fully saturated rings. The molecule has 0 aromatic rings. The van der Waals surface area contributed by atoms with Gasteiger partial charge in [-0.15, -0.1) is 0 Å². The zero-order chi connectivity index (χ0) is 11.8. The first-order chi connectivity index (χ1) is 8.22. The molecule has 2 heteroatoms. The van der Waals surface area contributed by atoms with Gasteiger partial charge < -0.3 is 10.1 Å². The van der Waals surface area contributed by atoms with Gasteiger partial charge in [-0.05, 0) is 50.4 Å². The van der Waals surface area contributed by atoms with Crippen LogP contribution < -0.4 is 5.32 Å². The van der Waals surface area contributed by atoms with Crippen molar-refractivity contribution in [1.29, 1.82) is 0 Å². The van der Waals surface area contributed by atoms with E-state index in [1.54, 1.807) is 0 Å². The molecule has 0 amide bonds. The predicted molar refractivity (Wildman–Crippen MR) is 70.0 cm³/mol. The molecule has 3 rings (SSSR count). The van der Waals surface area contributed by atoms with Gasteiger partial charge in [0.2, 0.25) is 0 Å². The fraction of sp³-hybridized carbons (Fsp3) is 1.00. The van der Waals surface area contributed by atoms with Crippen LogP contribution in [0, 0.1) is 17.8 Å². The van der Waals surface area contributed by atoms with Gasteiger partial charge in [0.25, 0.3) is 0 Å². The minimum absolute atomic E-state index is 0.590. The van der Waals surface area contributed by atoms with Gasteiger partial charge >= 0.3 is 0 Å². The molecule has 1 saturated carbocycles. The Labute approximate surface area is 105 Å². The lowest BCUT2D eigenvalue weighted by Crippen LogP contribution is -2.40. The Bertz CT molecular complexity index is 268. The molecule has 2 heterocycles. The van der Waals surface area contributed by atoms with Crippen molar-refractivity contribution in [2.24, 2.45) is 17.8 Å². The molecule has 98 valence electrons. The summed E-state index contributed by atoms with van der Waals surface area (Å²) in [7, 11) is 0. The maximum atomic E-state index is 5.92. The van der Waals surface area contributed by atoms with Crippen LogP contribution >= 0.6 is 0 Å². The predicted octanol–water partition coefficient (Wildman–Crippen LogP) is 2.97. The molecule has 0 radical (unpaired) electrons. The van der Waals surface area contributed by atoms with Crippen LogP contribution in [0.15, 0.2) is 0 Å². The molecule has 6 atom stereocenters. The number of hydrogen-bond donors (Lipinski definition) is 1. The Balaban J connectivity index is 1.42. The summed E-state index contributed by atoms with van der Waals surface area (Å²) in [6.07, 6.45) is 9.32. The van der Waals surface area contributed by atoms with Crippen LogP contribution in [0.3, 0.4) is 0 Å². The quantitative estimate of drug-likeness (QED) is 0.815. The molecule has 1 aliphatic carbocycles. The van der Waals surface area contributed by atoms with Gasteiger partial charge in [-0.2, -0.15) is 0 Å². The molecule has 2 nitrogen and oxygen atoms in total. The van der Waals surface area contributed by atoms with Crippen molar-refractivity contribution in [3.63, 3.8) is 0 Å². The molecule has 0 spiro atoms. The van der Waals surface area contributed by atoms with E-state index >= 15 is 0 Å². The lowest BCUT2D eigenvalue weighted by molar-refractivity contribution is 0.0911. The maximum Gasteiger partial charge on any atom is 0.0621 e. The van der Waals surface area contributed by atoms with E-state index in [9.17, 15) is 0 Å². The van der Waals surface area contributed by atoms with Crippen LogP contribution in [0.4, 0.5) is 0 Å². The molecule has 2 saturated heterocycles. The number of ether oxygens (including phenoxy) is 1. The van der Waals surface area contributed by atoms with Crippen molar-refractivity contribution >= 4 is 0 Å². The minimum atomic E-state index is 0.590. The fourth-order valence-corrected chi connectivity index (χ4v) is 4.01. The summed E-state index contributed by atoms with van der Waals surface area (Å²) in [6.45, 7) is 6.02. The summed E-state index contributed by atoms with van der Waals surface area (Å²) < 4.78 is 5.92. The van der Waals surface area contributed by atoms with Crippen LogP contribution in [-0.2, 0) is 4.74 Å². The Morgan fingerprint density at radius 1 is 1.00 bits per heavy atom. The first-order valence-electron chi connectivity index (χ1n) is 7.61. The summed E-state index contributed by atoms with van der Waals surface area (Å²) >= 11 is 0. The van der Waals surface area contributed by atoms with Crippen LogP contribution in [0.5, 0.6) is 0 Å². The molecule has 2 bridgehead atoms. The van der Waals surface area contributed by atoms with Crippen LogP contribution in [0.1, 0.15) is 52.4 Å². The molecule has 2 aliphatic heterocycles. The lowest BCUT2D eigenvalue weighted by Gasteiger charge is -2.33. The highest BCUT2D eigenvalue weighted by atomic mass is 16.5. The second-order valence-electron chi connectivity index (χ2n) is 6.74. The maximum absolute atomic E-state index is 5.92. The smallest absolute Gasteiger partial charge is 0.0621 e. The minimum Gasteiger partial charge on any atom is -0.375 e. The highest BCUT2D eigenvalue weighted by molar-refractivity contribution is 4.91. The number of nitrogens with one attached hydrogen (secondary N) is 1. The molecule has 17 heavy (non-hydrogen) atoms. The van der Waals surface area contributed by atoms with Gasteiger partial charge in [-0.25, -0.2) is 0 Å². The first-order valence-corrected chi connectivity index (χ1v) is 7.61. The zero-order valence-corrected chi connectivity index (χ0v) is 11.3. The Hall–Kier alpha value is -0.0800. The number of hydrogen-bond acceptors (Lipinski definition) is 2. The van der Waals surface area contributed by atoms with Gasteiger partial charge in [0.15, 0.2) is 0 Å². The summed E-state index contributed by atoms with van der Waals surface area (Å²) in [5, 5.41) is 3.82. The van der Waals surface area contributed by atoms with Crippen LogP contribution in [-0.4, -0.2) is 24.8 Å². The van der Waals surface area contributed by atoms with Crippen molar-refractivity contribution < 1.29 is 4.74 Å². The summed E-state index contributed by atoms with van der Waals surface area (Å²) in [4.78, 5) is 0. The molecule has 0 aromatic heterocycles. The van der Waals surface area contributed by atoms with Crippen molar-refractivity contribution in [1.82, 2.24) is 5.32 Å². The average molecular weight is 237 g/mol. The second kappa shape index (κ2) is 4.89. The summed E-state index contributed by atoms with van der Waals surface area (Å²) in [6, 6.07) is 0.778. The molecule has 6 unspecified atom stereocenters. The largest absolute Gasteiger partial charge is 0.375 e. The van der Waals surface area contributed by atoms with E-state index in [1.165, 1.54) is 45.1 Å². The Kier molecular flexibility index (Phi) is 3.45. The van der Waals surface area contributed by atoms with Crippen LogP contribution in [0.25, 0.3) is 0 Å². The summed E-state index contributed by atoms with van der Waals surface area (Å²) in [5.74, 6) is 2.64. The molecule has 3 aliphatic rings. The van der Waals surface area contributed by atoms with Gasteiger partial charge in [0, 0.05) is 18.5 Å². The molecular weight excluding hydrogens is 210 g/mol. The average Bonchev–Trinajstić information content (AvgIpc) is 2.92. The van der Waals surface area contributed by atoms with E-state index < -0.39 is 0 Å². The second-order valence-corrected chi connectivity index (χ2v) is 6.74. The monoisotopic (exact) mass is 237 g/mol. The third kappa shape index (κ3) is 2.53. The Morgan fingerprint density at radius 3 is 2.53 bits per heavy atom. The van der Waals surface area contributed by atoms with E-state index in [4.69, 9.17) is 4.74 Å². The van der Waals surface area contributed by atoms with Crippen molar-refractivity contribution in [3.8, 4) is 0 Å². The number of fused-ring (bicyclic) bond motifs is 2. The highest BCUT2D eigenvalue weighted by Gasteiger charge is 2.40. The van der Waals surface area contributed by atoms with E-state index in [-0.39, 0.29) is 0 Å². The zero-order valence-electron chi connectivity index (χ0n) is 11.3. The van der Waals surface area contributed by atoms with Crippen molar-refractivity contribution in [2.45, 2.75) is 70.6 Å². The lowest BCUT2D eigenvalue weighted by atomic mass is 9.79. The highest BCUT2D eigenvalue weighted by Crippen LogP contribution is 2.38. The van der Waals surface area contributed by atoms with E-state index in [1.807, 2.05) is 0 Å². The third-order valence-corrected chi connectivity index (χ3v) is 5.50. The standard InChI is InChI=1S/C15H27NO/c1-10-3-4-13(7-11(10)2)16-9-12-8-14-5-6-15(12)17-14/h10-16H,3-9H2,1-2H3. The normalized spacial score (nSPS) is 49.8. The Morgan fingerprint density at radius 2 is 1.88 bits per heavy atom. The van der Waals surface area contributed by atoms with E-state index in [2.05, 4.69) is 19.2 Å². The van der Waals surface area contributed by atoms with Gasteiger partial charge in [0.1, 0.15) is 0 Å². The van der Waals surface area contributed by atoms with Gasteiger partial charge in [0.05, 0.1) is 12.2 Å². The molecular formula is C15H27NO. The third-order valence-electron chi connectivity index (χ3n) is 5.50. The van der Waals surface area contributed by atoms with Crippen LogP contribution in [0.2, 0.25) is 0 Å². The molecule has 0 aromatic carbocycles.